The maximum Gasteiger partial charge on any atom is 0.258 e. The van der Waals surface area contributed by atoms with E-state index in [0.29, 0.717) is 17.7 Å². The molecule has 6 rings (SSSR count). The predicted molar refractivity (Wildman–Crippen MR) is 119 cm³/mol. The minimum atomic E-state index is -1.42. The first-order valence-electron chi connectivity index (χ1n) is 10.7. The molecule has 3 aliphatic rings. The van der Waals surface area contributed by atoms with E-state index in [1.807, 2.05) is 6.07 Å². The van der Waals surface area contributed by atoms with Gasteiger partial charge in [0.1, 0.15) is 18.0 Å². The molecule has 1 aromatic carbocycles. The minimum absolute atomic E-state index is 0.0836. The smallest absolute Gasteiger partial charge is 0.258 e. The normalized spacial score (nSPS) is 23.4. The van der Waals surface area contributed by atoms with Crippen molar-refractivity contribution in [3.63, 3.8) is 0 Å². The average Bonchev–Trinajstić information content (AvgIpc) is 3.09. The zero-order valence-electron chi connectivity index (χ0n) is 18.0. The number of aromatic nitrogens is 2. The number of nitrogens with zero attached hydrogens (tertiary/aromatic N) is 2. The lowest BCUT2D eigenvalue weighted by atomic mass is 9.81. The van der Waals surface area contributed by atoms with Gasteiger partial charge in [-0.1, -0.05) is 6.58 Å². The fourth-order valence-electron chi connectivity index (χ4n) is 5.58. The van der Waals surface area contributed by atoms with Gasteiger partial charge in [-0.25, -0.2) is 4.98 Å². The van der Waals surface area contributed by atoms with Gasteiger partial charge in [0.25, 0.3) is 5.56 Å². The van der Waals surface area contributed by atoms with Crippen molar-refractivity contribution in [1.29, 1.82) is 0 Å². The van der Waals surface area contributed by atoms with Crippen LogP contribution in [0.1, 0.15) is 58.3 Å². The molecule has 2 aliphatic heterocycles. The molecular weight excluding hydrogens is 390 g/mol. The lowest BCUT2D eigenvalue weighted by Crippen LogP contribution is -2.37. The Morgan fingerprint density at radius 3 is 2.84 bits per heavy atom. The molecule has 0 saturated heterocycles. The third-order valence-corrected chi connectivity index (χ3v) is 7.56. The van der Waals surface area contributed by atoms with Crippen LogP contribution in [0, 0.1) is 13.8 Å². The summed E-state index contributed by atoms with van der Waals surface area (Å²) in [5, 5.41) is 12.2. The van der Waals surface area contributed by atoms with Crippen molar-refractivity contribution in [1.82, 2.24) is 9.55 Å². The van der Waals surface area contributed by atoms with E-state index in [-0.39, 0.29) is 24.0 Å². The van der Waals surface area contributed by atoms with Crippen molar-refractivity contribution in [2.75, 3.05) is 0 Å². The number of aryl methyl sites for hydroxylation is 2. The van der Waals surface area contributed by atoms with Gasteiger partial charge in [0.2, 0.25) is 0 Å². The van der Waals surface area contributed by atoms with Crippen LogP contribution in [0.5, 0.6) is 0 Å². The summed E-state index contributed by atoms with van der Waals surface area (Å²) in [6.07, 6.45) is 1.83. The van der Waals surface area contributed by atoms with E-state index < -0.39 is 5.60 Å². The van der Waals surface area contributed by atoms with Crippen molar-refractivity contribution in [3.05, 3.63) is 73.8 Å². The van der Waals surface area contributed by atoms with Gasteiger partial charge >= 0.3 is 0 Å². The van der Waals surface area contributed by atoms with Gasteiger partial charge in [0, 0.05) is 22.6 Å². The third kappa shape index (κ3) is 2.24. The molecule has 1 aliphatic carbocycles. The maximum atomic E-state index is 13.4. The largest absolute Gasteiger partial charge is 0.490 e. The highest BCUT2D eigenvalue weighted by Crippen LogP contribution is 2.45. The van der Waals surface area contributed by atoms with E-state index in [0.717, 1.165) is 46.3 Å². The summed E-state index contributed by atoms with van der Waals surface area (Å²) in [7, 11) is 0. The Balaban J connectivity index is 1.71. The number of nitrogens with two attached hydrogens (primary N) is 1. The van der Waals surface area contributed by atoms with Crippen LogP contribution >= 0.6 is 0 Å². The van der Waals surface area contributed by atoms with Gasteiger partial charge < -0.3 is 20.1 Å². The Morgan fingerprint density at radius 1 is 1.29 bits per heavy atom. The molecule has 0 unspecified atom stereocenters. The van der Waals surface area contributed by atoms with E-state index >= 15 is 0 Å². The molecule has 0 bridgehead atoms. The second-order valence-corrected chi connectivity index (χ2v) is 9.29. The van der Waals surface area contributed by atoms with Crippen molar-refractivity contribution < 1.29 is 9.84 Å². The Hall–Kier alpha value is -2.96. The molecule has 158 valence electrons. The standard InChI is InChI=1S/C25H25N3O3/c1-11-7-19-22-14(12(11)2)5-6-18(26)21(22)15-9-28-20(23(15)27-19)8-17-16(24(28)29)10-31-13(3)25(17,4)30/h7-8,18,30H,3,5-6,9-10,26H2,1-2,4H3/t18-,25+/m0/s1. The Kier molecular flexibility index (Phi) is 3.54. The fourth-order valence-corrected chi connectivity index (χ4v) is 5.58. The number of benzene rings is 1. The molecule has 3 aromatic rings. The topological polar surface area (TPSA) is 90.4 Å². The number of fused-ring (bicyclic) bond motifs is 5. The van der Waals surface area contributed by atoms with Gasteiger partial charge in [-0.15, -0.1) is 0 Å². The van der Waals surface area contributed by atoms with Crippen molar-refractivity contribution in [2.45, 2.75) is 58.4 Å². The molecule has 4 heterocycles. The van der Waals surface area contributed by atoms with Crippen molar-refractivity contribution in [3.8, 4) is 11.4 Å². The van der Waals surface area contributed by atoms with Crippen LogP contribution < -0.4 is 11.3 Å². The lowest BCUT2D eigenvalue weighted by Gasteiger charge is -2.33. The van der Waals surface area contributed by atoms with Crippen LogP contribution in [0.25, 0.3) is 22.3 Å². The van der Waals surface area contributed by atoms with Crippen molar-refractivity contribution in [2.24, 2.45) is 5.73 Å². The van der Waals surface area contributed by atoms with Crippen LogP contribution in [0.4, 0.5) is 0 Å². The first-order valence-corrected chi connectivity index (χ1v) is 10.7. The monoisotopic (exact) mass is 415 g/mol. The maximum absolute atomic E-state index is 13.4. The molecule has 0 radical (unpaired) electrons. The van der Waals surface area contributed by atoms with Gasteiger partial charge in [0.15, 0.2) is 0 Å². The summed E-state index contributed by atoms with van der Waals surface area (Å²) >= 11 is 0. The fraction of sp³-hybridized carbons (Fsp3) is 0.360. The Morgan fingerprint density at radius 2 is 2.06 bits per heavy atom. The van der Waals surface area contributed by atoms with Crippen LogP contribution in [0.15, 0.2) is 29.3 Å². The van der Waals surface area contributed by atoms with Gasteiger partial charge in [-0.2, -0.15) is 0 Å². The molecule has 3 N–H and O–H groups in total. The zero-order valence-corrected chi connectivity index (χ0v) is 18.0. The van der Waals surface area contributed by atoms with Crippen LogP contribution in [-0.4, -0.2) is 14.7 Å². The highest BCUT2D eigenvalue weighted by Gasteiger charge is 2.40. The van der Waals surface area contributed by atoms with E-state index in [1.165, 1.54) is 16.7 Å². The van der Waals surface area contributed by atoms with E-state index in [2.05, 4.69) is 26.5 Å². The molecule has 0 amide bonds. The Bertz CT molecular complexity index is 1410. The molecule has 0 saturated carbocycles. The summed E-state index contributed by atoms with van der Waals surface area (Å²) in [5.74, 6) is 0.252. The summed E-state index contributed by atoms with van der Waals surface area (Å²) < 4.78 is 7.27. The summed E-state index contributed by atoms with van der Waals surface area (Å²) in [5.41, 5.74) is 14.5. The van der Waals surface area contributed by atoms with E-state index in [9.17, 15) is 9.90 Å². The SMILES string of the molecule is C=C1OCc2c(cc3n(c2=O)Cc2c-3nc3cc(C)c(C)c4c3c2[C@@H](N)CC4)[C@]1(C)O. The summed E-state index contributed by atoms with van der Waals surface area (Å²) in [6, 6.07) is 3.93. The molecule has 0 fully saturated rings. The highest BCUT2D eigenvalue weighted by atomic mass is 16.5. The summed E-state index contributed by atoms with van der Waals surface area (Å²) in [6.45, 7) is 10.3. The number of aliphatic hydroxyl groups is 1. The minimum Gasteiger partial charge on any atom is -0.490 e. The molecule has 0 spiro atoms. The predicted octanol–water partition coefficient (Wildman–Crippen LogP) is 3.24. The molecule has 2 atom stereocenters. The van der Waals surface area contributed by atoms with Gasteiger partial charge in [-0.05, 0) is 68.0 Å². The number of rotatable bonds is 0. The van der Waals surface area contributed by atoms with E-state index in [4.69, 9.17) is 15.5 Å². The van der Waals surface area contributed by atoms with Crippen LogP contribution in [0.3, 0.4) is 0 Å². The lowest BCUT2D eigenvalue weighted by molar-refractivity contribution is -0.000354. The van der Waals surface area contributed by atoms with E-state index in [1.54, 1.807) is 11.5 Å². The second-order valence-electron chi connectivity index (χ2n) is 9.29. The summed E-state index contributed by atoms with van der Waals surface area (Å²) in [4.78, 5) is 18.5. The number of pyridine rings is 2. The van der Waals surface area contributed by atoms with Crippen LogP contribution in [-0.2, 0) is 29.9 Å². The molecular formula is C25H25N3O3. The number of hydrogen-bond donors (Lipinski definition) is 2. The first kappa shape index (κ1) is 18.8. The van der Waals surface area contributed by atoms with Gasteiger partial charge in [-0.3, -0.25) is 4.79 Å². The first-order chi connectivity index (χ1) is 14.7. The van der Waals surface area contributed by atoms with Gasteiger partial charge in [0.05, 0.1) is 29.0 Å². The second kappa shape index (κ2) is 5.84. The molecule has 6 heteroatoms. The third-order valence-electron chi connectivity index (χ3n) is 7.56. The highest BCUT2D eigenvalue weighted by molar-refractivity contribution is 5.93. The molecule has 31 heavy (non-hydrogen) atoms. The molecule has 2 aromatic heterocycles. The zero-order chi connectivity index (χ0) is 21.8. The number of ether oxygens (including phenoxy) is 1. The molecule has 6 nitrogen and oxygen atoms in total. The quantitative estimate of drug-likeness (QED) is 0.460. The number of hydrogen-bond acceptors (Lipinski definition) is 5. The van der Waals surface area contributed by atoms with Crippen molar-refractivity contribution >= 4 is 10.9 Å². The van der Waals surface area contributed by atoms with Crippen LogP contribution in [0.2, 0.25) is 0 Å². The Labute approximate surface area is 180 Å². The average molecular weight is 415 g/mol.